The molecule has 1 N–H and O–H groups in total. The van der Waals surface area contributed by atoms with Gasteiger partial charge in [0.1, 0.15) is 0 Å². The van der Waals surface area contributed by atoms with Crippen molar-refractivity contribution in [1.29, 1.82) is 0 Å². The van der Waals surface area contributed by atoms with Crippen molar-refractivity contribution < 1.29 is 4.74 Å². The van der Waals surface area contributed by atoms with Crippen LogP contribution in [0.1, 0.15) is 24.6 Å². The predicted molar refractivity (Wildman–Crippen MR) is 81.9 cm³/mol. The number of aromatic nitrogens is 2. The highest BCUT2D eigenvalue weighted by atomic mass is 16.5. The quantitative estimate of drug-likeness (QED) is 0.803. The van der Waals surface area contributed by atoms with Crippen LogP contribution in [0.5, 0.6) is 0 Å². The number of aryl methyl sites for hydroxylation is 1. The number of methoxy groups -OCH3 is 1. The minimum atomic E-state index is 0.743. The van der Waals surface area contributed by atoms with Gasteiger partial charge in [0.05, 0.1) is 18.8 Å². The lowest BCUT2D eigenvalue weighted by molar-refractivity contribution is 0.202. The van der Waals surface area contributed by atoms with Crippen LogP contribution in [0.3, 0.4) is 0 Å². The van der Waals surface area contributed by atoms with E-state index in [0.29, 0.717) is 0 Å². The molecule has 0 saturated heterocycles. The third-order valence-corrected chi connectivity index (χ3v) is 3.29. The highest BCUT2D eigenvalue weighted by Gasteiger charge is 2.04. The summed E-state index contributed by atoms with van der Waals surface area (Å²) in [4.78, 5) is 0. The maximum atomic E-state index is 5.16. The number of hydrogen-bond acceptors (Lipinski definition) is 3. The van der Waals surface area contributed by atoms with Gasteiger partial charge in [-0.2, -0.15) is 5.10 Å². The van der Waals surface area contributed by atoms with Crippen LogP contribution >= 0.6 is 0 Å². The molecule has 0 aliphatic heterocycles. The van der Waals surface area contributed by atoms with Crippen molar-refractivity contribution in [1.82, 2.24) is 9.78 Å². The molecule has 2 rings (SSSR count). The maximum Gasteiger partial charge on any atom is 0.0575 e. The van der Waals surface area contributed by atoms with Gasteiger partial charge in [0.2, 0.25) is 0 Å². The molecular formula is C16H23N3O. The average molecular weight is 273 g/mol. The second kappa shape index (κ2) is 7.70. The molecule has 0 amide bonds. The van der Waals surface area contributed by atoms with Crippen molar-refractivity contribution in [3.05, 3.63) is 47.8 Å². The lowest BCUT2D eigenvalue weighted by Crippen LogP contribution is -2.10. The Morgan fingerprint density at radius 2 is 2.10 bits per heavy atom. The molecule has 0 aliphatic carbocycles. The highest BCUT2D eigenvalue weighted by Crippen LogP contribution is 2.17. The van der Waals surface area contributed by atoms with E-state index in [4.69, 9.17) is 4.74 Å². The van der Waals surface area contributed by atoms with Gasteiger partial charge in [-0.25, -0.2) is 0 Å². The smallest absolute Gasteiger partial charge is 0.0575 e. The van der Waals surface area contributed by atoms with E-state index >= 15 is 0 Å². The van der Waals surface area contributed by atoms with E-state index in [1.165, 1.54) is 16.9 Å². The molecule has 0 radical (unpaired) electrons. The number of anilines is 1. The number of nitrogens with zero attached hydrogens (tertiary/aromatic N) is 2. The van der Waals surface area contributed by atoms with Gasteiger partial charge < -0.3 is 10.1 Å². The fourth-order valence-electron chi connectivity index (χ4n) is 2.23. The van der Waals surface area contributed by atoms with E-state index in [0.717, 1.165) is 32.5 Å². The van der Waals surface area contributed by atoms with Crippen LogP contribution in [0, 0.1) is 0 Å². The molecule has 4 heteroatoms. The second-order valence-corrected chi connectivity index (χ2v) is 4.80. The second-order valence-electron chi connectivity index (χ2n) is 4.80. The Bertz CT molecular complexity index is 522. The van der Waals surface area contributed by atoms with E-state index in [1.54, 1.807) is 7.11 Å². The average Bonchev–Trinajstić information content (AvgIpc) is 2.91. The molecule has 0 fully saturated rings. The van der Waals surface area contributed by atoms with Gasteiger partial charge in [0.15, 0.2) is 0 Å². The molecule has 1 aromatic carbocycles. The van der Waals surface area contributed by atoms with Crippen LogP contribution in [-0.4, -0.2) is 23.5 Å². The maximum absolute atomic E-state index is 5.16. The summed E-state index contributed by atoms with van der Waals surface area (Å²) in [6, 6.07) is 10.5. The Morgan fingerprint density at radius 3 is 2.90 bits per heavy atom. The molecule has 4 nitrogen and oxygen atoms in total. The monoisotopic (exact) mass is 273 g/mol. The standard InChI is InChI=1S/C16H23N3O/c1-3-11-19-15(8-10-18-19)13-17-16-7-5-4-6-14(16)9-12-20-2/h4-8,10,17H,3,9,11-13H2,1-2H3. The largest absolute Gasteiger partial charge is 0.384 e. The zero-order valence-corrected chi connectivity index (χ0v) is 12.3. The molecule has 20 heavy (non-hydrogen) atoms. The topological polar surface area (TPSA) is 39.1 Å². The first-order valence-corrected chi connectivity index (χ1v) is 7.16. The van der Waals surface area contributed by atoms with Crippen LogP contribution in [0.2, 0.25) is 0 Å². The third-order valence-electron chi connectivity index (χ3n) is 3.29. The Labute approximate surface area is 120 Å². The van der Waals surface area contributed by atoms with Crippen LogP contribution in [-0.2, 0) is 24.2 Å². The molecular weight excluding hydrogens is 250 g/mol. The summed E-state index contributed by atoms with van der Waals surface area (Å²) in [5, 5.41) is 7.85. The van der Waals surface area contributed by atoms with E-state index in [1.807, 2.05) is 6.20 Å². The normalized spacial score (nSPS) is 10.7. The molecule has 1 heterocycles. The van der Waals surface area contributed by atoms with Crippen molar-refractivity contribution in [2.45, 2.75) is 32.9 Å². The molecule has 0 saturated carbocycles. The fourth-order valence-corrected chi connectivity index (χ4v) is 2.23. The number of benzene rings is 1. The lowest BCUT2D eigenvalue weighted by Gasteiger charge is -2.12. The molecule has 0 bridgehead atoms. The van der Waals surface area contributed by atoms with Crippen LogP contribution in [0.15, 0.2) is 36.5 Å². The van der Waals surface area contributed by atoms with Crippen molar-refractivity contribution in [3.8, 4) is 0 Å². The number of ether oxygens (including phenoxy) is 1. The van der Waals surface area contributed by atoms with Crippen molar-refractivity contribution in [2.75, 3.05) is 19.0 Å². The summed E-state index contributed by atoms with van der Waals surface area (Å²) in [5.74, 6) is 0. The van der Waals surface area contributed by atoms with Gasteiger partial charge in [-0.05, 0) is 30.5 Å². The molecule has 0 atom stereocenters. The first-order chi connectivity index (χ1) is 9.85. The van der Waals surface area contributed by atoms with Crippen LogP contribution in [0.25, 0.3) is 0 Å². The van der Waals surface area contributed by atoms with Gasteiger partial charge in [-0.1, -0.05) is 25.1 Å². The summed E-state index contributed by atoms with van der Waals surface area (Å²) in [6.45, 7) is 4.67. The molecule has 108 valence electrons. The first kappa shape index (κ1) is 14.6. The van der Waals surface area contributed by atoms with Gasteiger partial charge in [0.25, 0.3) is 0 Å². The minimum absolute atomic E-state index is 0.743. The summed E-state index contributed by atoms with van der Waals surface area (Å²) in [7, 11) is 1.74. The summed E-state index contributed by atoms with van der Waals surface area (Å²) < 4.78 is 7.22. The van der Waals surface area contributed by atoms with Crippen LogP contribution in [0.4, 0.5) is 5.69 Å². The Hall–Kier alpha value is -1.81. The van der Waals surface area contributed by atoms with E-state index in [2.05, 4.69) is 52.4 Å². The summed E-state index contributed by atoms with van der Waals surface area (Å²) >= 11 is 0. The zero-order chi connectivity index (χ0) is 14.2. The van der Waals surface area contributed by atoms with E-state index in [9.17, 15) is 0 Å². The van der Waals surface area contributed by atoms with Gasteiger partial charge >= 0.3 is 0 Å². The molecule has 0 aliphatic rings. The number of nitrogens with one attached hydrogen (secondary N) is 1. The summed E-state index contributed by atoms with van der Waals surface area (Å²) in [6.07, 6.45) is 3.89. The molecule has 1 aromatic heterocycles. The third kappa shape index (κ3) is 3.84. The van der Waals surface area contributed by atoms with Gasteiger partial charge in [0, 0.05) is 25.5 Å². The van der Waals surface area contributed by atoms with Crippen molar-refractivity contribution in [3.63, 3.8) is 0 Å². The molecule has 2 aromatic rings. The Balaban J connectivity index is 2.01. The first-order valence-electron chi connectivity index (χ1n) is 7.16. The predicted octanol–water partition coefficient (Wildman–Crippen LogP) is 3.09. The fraction of sp³-hybridized carbons (Fsp3) is 0.438. The Kier molecular flexibility index (Phi) is 5.62. The van der Waals surface area contributed by atoms with E-state index < -0.39 is 0 Å². The lowest BCUT2D eigenvalue weighted by atomic mass is 10.1. The van der Waals surface area contributed by atoms with Gasteiger partial charge in [-0.15, -0.1) is 0 Å². The molecule has 0 unspecified atom stereocenters. The van der Waals surface area contributed by atoms with Crippen LogP contribution < -0.4 is 5.32 Å². The highest BCUT2D eigenvalue weighted by molar-refractivity contribution is 5.51. The van der Waals surface area contributed by atoms with Gasteiger partial charge in [-0.3, -0.25) is 4.68 Å². The minimum Gasteiger partial charge on any atom is -0.384 e. The number of rotatable bonds is 8. The molecule has 0 spiro atoms. The SMILES string of the molecule is CCCn1nccc1CNc1ccccc1CCOC. The summed E-state index contributed by atoms with van der Waals surface area (Å²) in [5.41, 5.74) is 3.68. The van der Waals surface area contributed by atoms with Crippen molar-refractivity contribution in [2.24, 2.45) is 0 Å². The Morgan fingerprint density at radius 1 is 1.25 bits per heavy atom. The zero-order valence-electron chi connectivity index (χ0n) is 12.3. The van der Waals surface area contributed by atoms with E-state index in [-0.39, 0.29) is 0 Å². The number of para-hydroxylation sites is 1. The number of hydrogen-bond donors (Lipinski definition) is 1. The van der Waals surface area contributed by atoms with Crippen molar-refractivity contribution >= 4 is 5.69 Å².